The number of aromatic amines is 1. The van der Waals surface area contributed by atoms with Gasteiger partial charge >= 0.3 is 12.4 Å². The fourth-order valence-corrected chi connectivity index (χ4v) is 3.90. The van der Waals surface area contributed by atoms with Crippen LogP contribution in [0.4, 0.5) is 26.3 Å². The second kappa shape index (κ2) is 8.33. The summed E-state index contributed by atoms with van der Waals surface area (Å²) < 4.78 is 84.1. The van der Waals surface area contributed by atoms with Crippen LogP contribution in [0.3, 0.4) is 0 Å². The molecule has 3 nitrogen and oxygen atoms in total. The number of halogens is 6. The summed E-state index contributed by atoms with van der Waals surface area (Å²) in [4.78, 5) is 7.67. The molecule has 35 heavy (non-hydrogen) atoms. The molecule has 0 radical (unpaired) electrons. The van der Waals surface area contributed by atoms with E-state index in [0.717, 1.165) is 40.7 Å². The Kier molecular flexibility index (Phi) is 5.42. The van der Waals surface area contributed by atoms with Gasteiger partial charge in [-0.1, -0.05) is 42.5 Å². The van der Waals surface area contributed by atoms with Gasteiger partial charge in [-0.05, 0) is 35.9 Å². The van der Waals surface area contributed by atoms with Crippen LogP contribution in [-0.2, 0) is 18.8 Å². The largest absolute Gasteiger partial charge is 0.440 e. The maximum Gasteiger partial charge on any atom is 0.416 e. The van der Waals surface area contributed by atoms with E-state index in [1.54, 1.807) is 0 Å². The Bertz CT molecular complexity index is 1400. The number of H-pyrrole nitrogens is 1. The SMILES string of the molecule is FC(F)(F)c1ccc(-c2nc(Cc3c[nH]c4ccccc34)oc2-c2ccc(C(F)(F)F)cc2)cc1. The van der Waals surface area contributed by atoms with E-state index in [1.165, 1.54) is 24.3 Å². The highest BCUT2D eigenvalue weighted by Gasteiger charge is 2.31. The molecule has 0 atom stereocenters. The summed E-state index contributed by atoms with van der Waals surface area (Å²) in [5.41, 5.74) is 1.08. The molecule has 178 valence electrons. The van der Waals surface area contributed by atoms with Crippen molar-refractivity contribution < 1.29 is 30.8 Å². The van der Waals surface area contributed by atoms with E-state index in [1.807, 2.05) is 30.5 Å². The molecule has 2 heterocycles. The van der Waals surface area contributed by atoms with Crippen LogP contribution < -0.4 is 0 Å². The Morgan fingerprint density at radius 1 is 0.714 bits per heavy atom. The highest BCUT2D eigenvalue weighted by atomic mass is 19.4. The van der Waals surface area contributed by atoms with E-state index >= 15 is 0 Å². The second-order valence-corrected chi connectivity index (χ2v) is 7.97. The molecule has 2 aromatic heterocycles. The Morgan fingerprint density at radius 2 is 1.29 bits per heavy atom. The number of fused-ring (bicyclic) bond motifs is 1. The lowest BCUT2D eigenvalue weighted by Gasteiger charge is -2.08. The standard InChI is InChI=1S/C26H16F6N2O/c27-25(28,29)18-9-5-15(6-10-18)23-24(16-7-11-19(12-8-16)26(30,31)32)35-22(34-23)13-17-14-33-21-4-2-1-3-20(17)21/h1-12,14,33H,13H2. The van der Waals surface area contributed by atoms with Gasteiger partial charge in [0, 0.05) is 28.2 Å². The Balaban J connectivity index is 1.58. The van der Waals surface area contributed by atoms with Crippen molar-refractivity contribution in [2.75, 3.05) is 0 Å². The van der Waals surface area contributed by atoms with Gasteiger partial charge in [0.15, 0.2) is 11.7 Å². The first kappa shape index (κ1) is 22.8. The van der Waals surface area contributed by atoms with Crippen molar-refractivity contribution in [2.24, 2.45) is 0 Å². The Morgan fingerprint density at radius 3 is 1.89 bits per heavy atom. The van der Waals surface area contributed by atoms with E-state index in [4.69, 9.17) is 4.42 Å². The lowest BCUT2D eigenvalue weighted by Crippen LogP contribution is -2.04. The van der Waals surface area contributed by atoms with Crippen LogP contribution in [0.15, 0.2) is 83.4 Å². The normalized spacial score (nSPS) is 12.4. The molecule has 0 aliphatic carbocycles. The fraction of sp³-hybridized carbons (Fsp3) is 0.115. The number of rotatable bonds is 4. The summed E-state index contributed by atoms with van der Waals surface area (Å²) in [6.07, 6.45) is -6.92. The van der Waals surface area contributed by atoms with Crippen molar-refractivity contribution in [3.05, 3.63) is 102 Å². The van der Waals surface area contributed by atoms with Gasteiger partial charge in [0.05, 0.1) is 17.5 Å². The van der Waals surface area contributed by atoms with Crippen molar-refractivity contribution >= 4 is 10.9 Å². The van der Waals surface area contributed by atoms with Gasteiger partial charge in [-0.25, -0.2) is 4.98 Å². The van der Waals surface area contributed by atoms with Crippen LogP contribution in [0.2, 0.25) is 0 Å². The predicted molar refractivity (Wildman–Crippen MR) is 118 cm³/mol. The molecular formula is C26H16F6N2O. The Hall–Kier alpha value is -4.01. The number of benzene rings is 3. The molecule has 5 aromatic rings. The minimum Gasteiger partial charge on any atom is -0.440 e. The van der Waals surface area contributed by atoms with E-state index < -0.39 is 23.5 Å². The number of alkyl halides is 6. The summed E-state index contributed by atoms with van der Waals surface area (Å²) in [6.45, 7) is 0. The molecule has 3 aromatic carbocycles. The first-order valence-electron chi connectivity index (χ1n) is 10.5. The summed E-state index contributed by atoms with van der Waals surface area (Å²) in [7, 11) is 0. The van der Waals surface area contributed by atoms with Crippen LogP contribution in [0.25, 0.3) is 33.5 Å². The third-order valence-corrected chi connectivity index (χ3v) is 5.65. The number of aromatic nitrogens is 2. The predicted octanol–water partition coefficient (Wildman–Crippen LogP) is 8.12. The zero-order valence-electron chi connectivity index (χ0n) is 17.8. The highest BCUT2D eigenvalue weighted by molar-refractivity contribution is 5.83. The van der Waals surface area contributed by atoms with Crippen molar-refractivity contribution in [1.29, 1.82) is 0 Å². The van der Waals surface area contributed by atoms with Crippen LogP contribution in [-0.4, -0.2) is 9.97 Å². The quantitative estimate of drug-likeness (QED) is 0.261. The molecule has 5 rings (SSSR count). The summed E-state index contributed by atoms with van der Waals surface area (Å²) in [5, 5.41) is 0.956. The molecule has 0 saturated heterocycles. The molecule has 0 saturated carbocycles. The zero-order chi connectivity index (χ0) is 24.8. The number of hydrogen-bond acceptors (Lipinski definition) is 2. The van der Waals surface area contributed by atoms with Gasteiger partial charge in [-0.3, -0.25) is 0 Å². The maximum atomic E-state index is 13.0. The number of para-hydroxylation sites is 1. The van der Waals surface area contributed by atoms with Crippen LogP contribution in [0.1, 0.15) is 22.6 Å². The monoisotopic (exact) mass is 486 g/mol. The van der Waals surface area contributed by atoms with Gasteiger partial charge in [-0.2, -0.15) is 26.3 Å². The van der Waals surface area contributed by atoms with Crippen molar-refractivity contribution in [3.63, 3.8) is 0 Å². The number of hydrogen-bond donors (Lipinski definition) is 1. The van der Waals surface area contributed by atoms with Gasteiger partial charge in [-0.15, -0.1) is 0 Å². The summed E-state index contributed by atoms with van der Waals surface area (Å²) >= 11 is 0. The number of nitrogens with zero attached hydrogens (tertiary/aromatic N) is 1. The van der Waals surface area contributed by atoms with Crippen molar-refractivity contribution in [2.45, 2.75) is 18.8 Å². The molecule has 0 spiro atoms. The smallest absolute Gasteiger partial charge is 0.416 e. The lowest BCUT2D eigenvalue weighted by molar-refractivity contribution is -0.138. The minimum atomic E-state index is -4.50. The summed E-state index contributed by atoms with van der Waals surface area (Å²) in [6, 6.07) is 16.4. The van der Waals surface area contributed by atoms with E-state index in [0.29, 0.717) is 11.1 Å². The zero-order valence-corrected chi connectivity index (χ0v) is 17.8. The molecule has 0 bridgehead atoms. The van der Waals surface area contributed by atoms with Gasteiger partial charge in [0.25, 0.3) is 0 Å². The topological polar surface area (TPSA) is 41.8 Å². The molecule has 1 N–H and O–H groups in total. The fourth-order valence-electron chi connectivity index (χ4n) is 3.90. The third kappa shape index (κ3) is 4.53. The molecule has 0 unspecified atom stereocenters. The first-order valence-corrected chi connectivity index (χ1v) is 10.5. The average molecular weight is 486 g/mol. The molecule has 0 aliphatic rings. The highest BCUT2D eigenvalue weighted by Crippen LogP contribution is 2.37. The molecular weight excluding hydrogens is 470 g/mol. The third-order valence-electron chi connectivity index (χ3n) is 5.65. The minimum absolute atomic E-state index is 0.174. The van der Waals surface area contributed by atoms with Crippen molar-refractivity contribution in [1.82, 2.24) is 9.97 Å². The van der Waals surface area contributed by atoms with Crippen LogP contribution >= 0.6 is 0 Å². The molecule has 0 aliphatic heterocycles. The second-order valence-electron chi connectivity index (χ2n) is 7.97. The van der Waals surface area contributed by atoms with E-state index in [9.17, 15) is 26.3 Å². The molecule has 0 fully saturated rings. The lowest BCUT2D eigenvalue weighted by atomic mass is 10.0. The first-order chi connectivity index (χ1) is 16.6. The maximum absolute atomic E-state index is 13.0. The molecule has 0 amide bonds. The number of oxazole rings is 1. The van der Waals surface area contributed by atoms with E-state index in [-0.39, 0.29) is 23.8 Å². The van der Waals surface area contributed by atoms with Crippen LogP contribution in [0.5, 0.6) is 0 Å². The molecule has 9 heteroatoms. The number of nitrogens with one attached hydrogen (secondary N) is 1. The van der Waals surface area contributed by atoms with Gasteiger partial charge in [0.2, 0.25) is 0 Å². The van der Waals surface area contributed by atoms with Gasteiger partial charge in [0.1, 0.15) is 5.69 Å². The Labute approximate surface area is 195 Å². The van der Waals surface area contributed by atoms with Crippen LogP contribution in [0, 0.1) is 0 Å². The summed E-state index contributed by atoms with van der Waals surface area (Å²) in [5.74, 6) is 0.452. The van der Waals surface area contributed by atoms with E-state index in [2.05, 4.69) is 9.97 Å². The van der Waals surface area contributed by atoms with Gasteiger partial charge < -0.3 is 9.40 Å². The van der Waals surface area contributed by atoms with Crippen molar-refractivity contribution in [3.8, 4) is 22.6 Å². The average Bonchev–Trinajstić information content (AvgIpc) is 3.43.